The van der Waals surface area contributed by atoms with Gasteiger partial charge in [-0.25, -0.2) is 12.8 Å². The molecule has 0 unspecified atom stereocenters. The van der Waals surface area contributed by atoms with Crippen molar-refractivity contribution >= 4 is 39.1 Å². The van der Waals surface area contributed by atoms with Crippen molar-refractivity contribution < 1.29 is 27.1 Å². The quantitative estimate of drug-likeness (QED) is 0.325. The maximum Gasteiger partial charge on any atom is 0.264 e. The zero-order valence-corrected chi connectivity index (χ0v) is 24.4. The standard InChI is InChI=1S/C29H33ClFN3O5S/c1-20(2)17-32-29(36)21(3)33(18-22-10-13-24(31)14-11-22)28(35)19-34(26-16-23(30)12-15-27(26)39-4)40(37,38)25-8-6-5-7-9-25/h5-16,20-21H,17-19H2,1-4H3,(H,32,36)/t21-/m1/s1. The molecule has 2 amide bonds. The van der Waals surface area contributed by atoms with Crippen LogP contribution in [0.2, 0.25) is 5.02 Å². The van der Waals surface area contributed by atoms with Crippen molar-refractivity contribution in [1.82, 2.24) is 10.2 Å². The average molecular weight is 590 g/mol. The average Bonchev–Trinajstić information content (AvgIpc) is 2.94. The number of amides is 2. The van der Waals surface area contributed by atoms with Gasteiger partial charge in [0.25, 0.3) is 10.0 Å². The summed E-state index contributed by atoms with van der Waals surface area (Å²) in [6, 6.07) is 16.7. The Kier molecular flexibility index (Phi) is 10.5. The summed E-state index contributed by atoms with van der Waals surface area (Å²) in [5.74, 6) is -1.14. The van der Waals surface area contributed by atoms with Crippen molar-refractivity contribution in [2.75, 3.05) is 24.5 Å². The minimum atomic E-state index is -4.28. The fourth-order valence-electron chi connectivity index (χ4n) is 3.91. The number of methoxy groups -OCH3 is 1. The maximum absolute atomic E-state index is 13.9. The van der Waals surface area contributed by atoms with Gasteiger partial charge in [-0.2, -0.15) is 0 Å². The molecule has 0 aliphatic rings. The summed E-state index contributed by atoms with van der Waals surface area (Å²) in [6.07, 6.45) is 0. The Balaban J connectivity index is 2.06. The Bertz CT molecular complexity index is 1420. The van der Waals surface area contributed by atoms with Crippen LogP contribution in [0.5, 0.6) is 5.75 Å². The number of sulfonamides is 1. The van der Waals surface area contributed by atoms with Gasteiger partial charge in [0, 0.05) is 18.1 Å². The number of halogens is 2. The number of carbonyl (C=O) groups excluding carboxylic acids is 2. The van der Waals surface area contributed by atoms with Crippen LogP contribution in [0, 0.1) is 11.7 Å². The topological polar surface area (TPSA) is 96.0 Å². The molecule has 0 aliphatic carbocycles. The molecule has 1 atom stereocenters. The van der Waals surface area contributed by atoms with Gasteiger partial charge in [0.15, 0.2) is 0 Å². The van der Waals surface area contributed by atoms with Crippen LogP contribution in [0.1, 0.15) is 26.3 Å². The Morgan fingerprint density at radius 2 is 1.65 bits per heavy atom. The highest BCUT2D eigenvalue weighted by Crippen LogP contribution is 2.35. The molecular formula is C29H33ClFN3O5S. The number of anilines is 1. The molecular weight excluding hydrogens is 557 g/mol. The van der Waals surface area contributed by atoms with Crippen molar-refractivity contribution in [2.24, 2.45) is 5.92 Å². The van der Waals surface area contributed by atoms with Gasteiger partial charge in [0.1, 0.15) is 24.2 Å². The number of hydrogen-bond donors (Lipinski definition) is 1. The van der Waals surface area contributed by atoms with Crippen LogP contribution < -0.4 is 14.4 Å². The fourth-order valence-corrected chi connectivity index (χ4v) is 5.52. The Morgan fingerprint density at radius 3 is 2.25 bits per heavy atom. The van der Waals surface area contributed by atoms with E-state index in [1.165, 1.54) is 60.5 Å². The van der Waals surface area contributed by atoms with Crippen molar-refractivity contribution in [2.45, 2.75) is 38.3 Å². The van der Waals surface area contributed by atoms with E-state index in [4.69, 9.17) is 16.3 Å². The summed E-state index contributed by atoms with van der Waals surface area (Å²) in [5, 5.41) is 3.05. The molecule has 0 aliphatic heterocycles. The van der Waals surface area contributed by atoms with Gasteiger partial charge in [-0.3, -0.25) is 13.9 Å². The molecule has 0 bridgehead atoms. The first kappa shape index (κ1) is 30.9. The number of rotatable bonds is 12. The number of benzene rings is 3. The van der Waals surface area contributed by atoms with Gasteiger partial charge in [-0.05, 0) is 60.9 Å². The lowest BCUT2D eigenvalue weighted by molar-refractivity contribution is -0.139. The van der Waals surface area contributed by atoms with Gasteiger partial charge in [0.05, 0.1) is 17.7 Å². The lowest BCUT2D eigenvalue weighted by Gasteiger charge is -2.32. The van der Waals surface area contributed by atoms with E-state index in [9.17, 15) is 22.4 Å². The van der Waals surface area contributed by atoms with E-state index < -0.39 is 40.2 Å². The molecule has 0 saturated carbocycles. The molecule has 0 heterocycles. The number of ether oxygens (including phenoxy) is 1. The normalized spacial score (nSPS) is 12.1. The lowest BCUT2D eigenvalue weighted by atomic mass is 10.1. The van der Waals surface area contributed by atoms with E-state index in [1.54, 1.807) is 31.2 Å². The minimum absolute atomic E-state index is 0.0439. The largest absolute Gasteiger partial charge is 0.495 e. The third-order valence-corrected chi connectivity index (χ3v) is 8.15. The zero-order valence-electron chi connectivity index (χ0n) is 22.8. The lowest BCUT2D eigenvalue weighted by Crippen LogP contribution is -2.51. The third-order valence-electron chi connectivity index (χ3n) is 6.14. The summed E-state index contributed by atoms with van der Waals surface area (Å²) in [6.45, 7) is 5.13. The number of carbonyl (C=O) groups is 2. The highest BCUT2D eigenvalue weighted by atomic mass is 35.5. The second-order valence-electron chi connectivity index (χ2n) is 9.60. The first-order chi connectivity index (χ1) is 18.9. The summed E-state index contributed by atoms with van der Waals surface area (Å²) < 4.78 is 47.7. The van der Waals surface area contributed by atoms with Crippen LogP contribution in [-0.4, -0.2) is 51.4 Å². The van der Waals surface area contributed by atoms with Gasteiger partial charge in [0.2, 0.25) is 11.8 Å². The molecule has 11 heteroatoms. The van der Waals surface area contributed by atoms with Crippen LogP contribution in [0.25, 0.3) is 0 Å². The van der Waals surface area contributed by atoms with E-state index in [1.807, 2.05) is 13.8 Å². The van der Waals surface area contributed by atoms with Gasteiger partial charge in [-0.15, -0.1) is 0 Å². The predicted octanol–water partition coefficient (Wildman–Crippen LogP) is 4.87. The molecule has 8 nitrogen and oxygen atoms in total. The SMILES string of the molecule is COc1ccc(Cl)cc1N(CC(=O)N(Cc1ccc(F)cc1)[C@H](C)C(=O)NCC(C)C)S(=O)(=O)c1ccccc1. The minimum Gasteiger partial charge on any atom is -0.495 e. The second-order valence-corrected chi connectivity index (χ2v) is 11.9. The molecule has 3 aromatic rings. The molecule has 3 aromatic carbocycles. The first-order valence-electron chi connectivity index (χ1n) is 12.7. The Morgan fingerprint density at radius 1 is 1.00 bits per heavy atom. The predicted molar refractivity (Wildman–Crippen MR) is 153 cm³/mol. The van der Waals surface area contributed by atoms with Crippen LogP contribution in [-0.2, 0) is 26.2 Å². The zero-order chi connectivity index (χ0) is 29.4. The Hall–Kier alpha value is -3.63. The monoisotopic (exact) mass is 589 g/mol. The summed E-state index contributed by atoms with van der Waals surface area (Å²) in [7, 11) is -2.90. The number of nitrogens with one attached hydrogen (secondary N) is 1. The number of hydrogen-bond acceptors (Lipinski definition) is 5. The molecule has 0 aromatic heterocycles. The first-order valence-corrected chi connectivity index (χ1v) is 14.5. The van der Waals surface area contributed by atoms with Crippen molar-refractivity contribution in [3.8, 4) is 5.75 Å². The van der Waals surface area contributed by atoms with Crippen LogP contribution in [0.4, 0.5) is 10.1 Å². The van der Waals surface area contributed by atoms with Crippen LogP contribution >= 0.6 is 11.6 Å². The summed E-state index contributed by atoms with van der Waals surface area (Å²) >= 11 is 6.23. The van der Waals surface area contributed by atoms with E-state index >= 15 is 0 Å². The number of nitrogens with zero attached hydrogens (tertiary/aromatic N) is 2. The van der Waals surface area contributed by atoms with Gasteiger partial charge >= 0.3 is 0 Å². The van der Waals surface area contributed by atoms with E-state index in [-0.39, 0.29) is 33.8 Å². The molecule has 0 spiro atoms. The molecule has 3 rings (SSSR count). The van der Waals surface area contributed by atoms with Crippen molar-refractivity contribution in [1.29, 1.82) is 0 Å². The molecule has 0 fully saturated rings. The highest BCUT2D eigenvalue weighted by molar-refractivity contribution is 7.92. The van der Waals surface area contributed by atoms with Crippen LogP contribution in [0.15, 0.2) is 77.7 Å². The second kappa shape index (κ2) is 13.6. The summed E-state index contributed by atoms with van der Waals surface area (Å²) in [4.78, 5) is 28.2. The van der Waals surface area contributed by atoms with E-state index in [2.05, 4.69) is 5.32 Å². The third kappa shape index (κ3) is 7.73. The van der Waals surface area contributed by atoms with E-state index in [0.29, 0.717) is 12.1 Å². The molecule has 1 N–H and O–H groups in total. The van der Waals surface area contributed by atoms with Gasteiger partial charge in [-0.1, -0.05) is 55.8 Å². The molecule has 40 heavy (non-hydrogen) atoms. The van der Waals surface area contributed by atoms with Crippen LogP contribution in [0.3, 0.4) is 0 Å². The smallest absolute Gasteiger partial charge is 0.264 e. The molecule has 0 saturated heterocycles. The van der Waals surface area contributed by atoms with Gasteiger partial charge < -0.3 is 15.0 Å². The molecule has 214 valence electrons. The Labute approximate surface area is 239 Å². The molecule has 0 radical (unpaired) electrons. The highest BCUT2D eigenvalue weighted by Gasteiger charge is 2.34. The van der Waals surface area contributed by atoms with Crippen molar-refractivity contribution in [3.63, 3.8) is 0 Å². The summed E-state index contributed by atoms with van der Waals surface area (Å²) in [5.41, 5.74) is 0.627. The fraction of sp³-hybridized carbons (Fsp3) is 0.310. The van der Waals surface area contributed by atoms with Crippen molar-refractivity contribution in [3.05, 3.63) is 89.2 Å². The van der Waals surface area contributed by atoms with E-state index in [0.717, 1.165) is 4.31 Å². The maximum atomic E-state index is 13.9.